The van der Waals surface area contributed by atoms with Gasteiger partial charge in [-0.1, -0.05) is 6.42 Å². The van der Waals surface area contributed by atoms with Gasteiger partial charge in [-0.3, -0.25) is 4.79 Å². The van der Waals surface area contributed by atoms with Gasteiger partial charge in [0, 0.05) is 45.2 Å². The molecule has 3 heterocycles. The number of hydrogen-bond acceptors (Lipinski definition) is 3. The van der Waals surface area contributed by atoms with Gasteiger partial charge in [0.25, 0.3) is 0 Å². The Bertz CT molecular complexity index is 543. The van der Waals surface area contributed by atoms with Gasteiger partial charge in [0.15, 0.2) is 0 Å². The summed E-state index contributed by atoms with van der Waals surface area (Å²) in [4.78, 5) is 18.0. The molecule has 1 aromatic rings. The number of ether oxygens (including phenoxy) is 1. The first kappa shape index (κ1) is 19.4. The lowest BCUT2D eigenvalue weighted by molar-refractivity contribution is -0.136. The number of piperidine rings is 2. The number of fused-ring (bicyclic) bond motifs is 1. The third-order valence-corrected chi connectivity index (χ3v) is 6.20. The van der Waals surface area contributed by atoms with Crippen molar-refractivity contribution in [3.05, 3.63) is 24.5 Å². The van der Waals surface area contributed by atoms with Gasteiger partial charge in [0.05, 0.1) is 0 Å². The number of carbonyl (C=O) groups excluding carboxylic acids is 1. The van der Waals surface area contributed by atoms with Gasteiger partial charge in [-0.25, -0.2) is 0 Å². The minimum absolute atomic E-state index is 0.140. The number of carbonyl (C=O) groups is 1. The molecule has 0 bridgehead atoms. The van der Waals surface area contributed by atoms with Gasteiger partial charge in [-0.15, -0.1) is 0 Å². The molecule has 1 aromatic heterocycles. The number of rotatable bonds is 8. The van der Waals surface area contributed by atoms with Crippen LogP contribution in [0, 0.1) is 5.92 Å². The quantitative estimate of drug-likeness (QED) is 0.668. The van der Waals surface area contributed by atoms with Gasteiger partial charge in [-0.05, 0) is 70.2 Å². The number of methoxy groups -OCH3 is 1. The maximum absolute atomic E-state index is 13.2. The predicted octanol–water partition coefficient (Wildman–Crippen LogP) is 3.18. The Kier molecular flexibility index (Phi) is 7.15. The molecule has 2 aliphatic rings. The highest BCUT2D eigenvalue weighted by Gasteiger charge is 2.35. The van der Waals surface area contributed by atoms with Crippen molar-refractivity contribution in [3.63, 3.8) is 0 Å². The third kappa shape index (κ3) is 4.68. The van der Waals surface area contributed by atoms with Crippen LogP contribution in [0.1, 0.15) is 51.5 Å². The van der Waals surface area contributed by atoms with E-state index in [9.17, 15) is 4.79 Å². The molecular formula is C21H35N3O2. The lowest BCUT2D eigenvalue weighted by atomic mass is 9.83. The zero-order chi connectivity index (χ0) is 18.4. The molecule has 2 fully saturated rings. The van der Waals surface area contributed by atoms with E-state index in [1.165, 1.54) is 45.2 Å². The lowest BCUT2D eigenvalue weighted by Gasteiger charge is -2.46. The second-order valence-electron chi connectivity index (χ2n) is 7.94. The molecule has 5 heteroatoms. The maximum Gasteiger partial charge on any atom is 0.245 e. The van der Waals surface area contributed by atoms with Gasteiger partial charge in [-0.2, -0.15) is 0 Å². The highest BCUT2D eigenvalue weighted by Crippen LogP contribution is 2.31. The first-order valence-electron chi connectivity index (χ1n) is 10.3. The Hall–Kier alpha value is -1.33. The molecule has 26 heavy (non-hydrogen) atoms. The number of hydrogen-bond donors (Lipinski definition) is 0. The normalized spacial score (nSPS) is 24.8. The fraction of sp³-hybridized carbons (Fsp3) is 0.762. The molecule has 2 saturated heterocycles. The summed E-state index contributed by atoms with van der Waals surface area (Å²) in [6.45, 7) is 6.91. The van der Waals surface area contributed by atoms with Gasteiger partial charge < -0.3 is 19.1 Å². The van der Waals surface area contributed by atoms with Crippen LogP contribution in [0.15, 0.2) is 24.5 Å². The van der Waals surface area contributed by atoms with Crippen LogP contribution in [0.2, 0.25) is 0 Å². The molecule has 2 aliphatic heterocycles. The van der Waals surface area contributed by atoms with Crippen molar-refractivity contribution in [3.8, 4) is 0 Å². The summed E-state index contributed by atoms with van der Waals surface area (Å²) in [7, 11) is 1.73. The first-order chi connectivity index (χ1) is 12.7. The molecule has 3 atom stereocenters. The lowest BCUT2D eigenvalue weighted by Crippen LogP contribution is -2.52. The van der Waals surface area contributed by atoms with E-state index in [2.05, 4.69) is 9.80 Å². The van der Waals surface area contributed by atoms with Crippen LogP contribution in [0.3, 0.4) is 0 Å². The number of amides is 1. The topological polar surface area (TPSA) is 37.7 Å². The fourth-order valence-electron chi connectivity index (χ4n) is 4.76. The van der Waals surface area contributed by atoms with E-state index in [1.807, 2.05) is 36.0 Å². The molecule has 5 nitrogen and oxygen atoms in total. The van der Waals surface area contributed by atoms with Gasteiger partial charge in [0.1, 0.15) is 6.04 Å². The maximum atomic E-state index is 13.2. The molecule has 0 unspecified atom stereocenters. The van der Waals surface area contributed by atoms with Gasteiger partial charge in [0.2, 0.25) is 5.91 Å². The molecule has 0 aliphatic carbocycles. The van der Waals surface area contributed by atoms with Crippen molar-refractivity contribution >= 4 is 5.91 Å². The zero-order valence-electron chi connectivity index (χ0n) is 16.5. The van der Waals surface area contributed by atoms with Crippen molar-refractivity contribution in [1.29, 1.82) is 0 Å². The summed E-state index contributed by atoms with van der Waals surface area (Å²) in [6, 6.07) is 4.51. The molecule has 0 N–H and O–H groups in total. The smallest absolute Gasteiger partial charge is 0.245 e. The van der Waals surface area contributed by atoms with Crippen molar-refractivity contribution in [2.24, 2.45) is 5.92 Å². The Balaban J connectivity index is 1.67. The summed E-state index contributed by atoms with van der Waals surface area (Å²) in [5, 5.41) is 0. The van der Waals surface area contributed by atoms with Crippen LogP contribution in [-0.2, 0) is 9.53 Å². The minimum Gasteiger partial charge on any atom is -0.385 e. The standard InChI is InChI=1S/C21H35N3O2/c1-18(22-11-5-6-12-22)21(25)24(15-8-16-26-2)17-19-9-7-14-23-13-4-3-10-20(19)23/h5-6,11-12,18-20H,3-4,7-10,13-17H2,1-2H3/t18-,19-,20+/m0/s1. The van der Waals surface area contributed by atoms with Crippen LogP contribution in [0.4, 0.5) is 0 Å². The van der Waals surface area contributed by atoms with E-state index in [-0.39, 0.29) is 11.9 Å². The largest absolute Gasteiger partial charge is 0.385 e. The fourth-order valence-corrected chi connectivity index (χ4v) is 4.76. The molecule has 1 amide bonds. The second-order valence-corrected chi connectivity index (χ2v) is 7.94. The van der Waals surface area contributed by atoms with E-state index in [0.717, 1.165) is 19.5 Å². The summed E-state index contributed by atoms with van der Waals surface area (Å²) < 4.78 is 7.24. The zero-order valence-corrected chi connectivity index (χ0v) is 16.5. The summed E-state index contributed by atoms with van der Waals surface area (Å²) >= 11 is 0. The van der Waals surface area contributed by atoms with Gasteiger partial charge >= 0.3 is 0 Å². The van der Waals surface area contributed by atoms with E-state index in [1.54, 1.807) is 7.11 Å². The van der Waals surface area contributed by atoms with E-state index in [4.69, 9.17) is 4.74 Å². The first-order valence-corrected chi connectivity index (χ1v) is 10.3. The number of aromatic nitrogens is 1. The molecule has 0 radical (unpaired) electrons. The number of nitrogens with zero attached hydrogens (tertiary/aromatic N) is 3. The minimum atomic E-state index is -0.140. The van der Waals surface area contributed by atoms with Crippen molar-refractivity contribution in [2.75, 3.05) is 39.9 Å². The Morgan fingerprint density at radius 2 is 1.96 bits per heavy atom. The van der Waals surface area contributed by atoms with Crippen LogP contribution in [0.5, 0.6) is 0 Å². The molecule has 146 valence electrons. The van der Waals surface area contributed by atoms with Crippen molar-refractivity contribution in [1.82, 2.24) is 14.4 Å². The van der Waals surface area contributed by atoms with E-state index < -0.39 is 0 Å². The average molecular weight is 362 g/mol. The van der Waals surface area contributed by atoms with E-state index >= 15 is 0 Å². The molecule has 3 rings (SSSR count). The Labute approximate surface area is 158 Å². The Morgan fingerprint density at radius 3 is 2.73 bits per heavy atom. The van der Waals surface area contributed by atoms with Crippen molar-refractivity contribution in [2.45, 2.75) is 57.5 Å². The van der Waals surface area contributed by atoms with Crippen LogP contribution in [-0.4, -0.2) is 66.2 Å². The SMILES string of the molecule is COCCCN(C[C@@H]1CCCN2CCCC[C@H]12)C(=O)[C@H](C)n1cccc1. The molecule has 0 aromatic carbocycles. The van der Waals surface area contributed by atoms with E-state index in [0.29, 0.717) is 18.6 Å². The van der Waals surface area contributed by atoms with Crippen LogP contribution in [0.25, 0.3) is 0 Å². The molecule has 0 saturated carbocycles. The van der Waals surface area contributed by atoms with Crippen LogP contribution < -0.4 is 0 Å². The highest BCUT2D eigenvalue weighted by atomic mass is 16.5. The molecule has 0 spiro atoms. The summed E-state index contributed by atoms with van der Waals surface area (Å²) in [5.41, 5.74) is 0. The molecular weight excluding hydrogens is 326 g/mol. The summed E-state index contributed by atoms with van der Waals surface area (Å²) in [5.74, 6) is 0.859. The highest BCUT2D eigenvalue weighted by molar-refractivity contribution is 5.80. The van der Waals surface area contributed by atoms with Crippen LogP contribution >= 0.6 is 0 Å². The predicted molar refractivity (Wildman–Crippen MR) is 104 cm³/mol. The monoisotopic (exact) mass is 361 g/mol. The second kappa shape index (κ2) is 9.56. The Morgan fingerprint density at radius 1 is 1.19 bits per heavy atom. The third-order valence-electron chi connectivity index (χ3n) is 6.20. The van der Waals surface area contributed by atoms with Crippen molar-refractivity contribution < 1.29 is 9.53 Å². The summed E-state index contributed by atoms with van der Waals surface area (Å²) in [6.07, 6.45) is 11.4. The average Bonchev–Trinajstić information content (AvgIpc) is 3.21.